The Bertz CT molecular complexity index is 729. The lowest BCUT2D eigenvalue weighted by Crippen LogP contribution is -2.11. The number of carbonyl (C=O) groups is 1. The van der Waals surface area contributed by atoms with Gasteiger partial charge >= 0.3 is 5.97 Å². The van der Waals surface area contributed by atoms with E-state index in [1.807, 2.05) is 31.2 Å². The molecule has 0 amide bonds. The van der Waals surface area contributed by atoms with Crippen molar-refractivity contribution in [2.24, 2.45) is 0 Å². The molecule has 1 aromatic heterocycles. The number of nitrogens with zero attached hydrogens (tertiary/aromatic N) is 2. The van der Waals surface area contributed by atoms with Crippen LogP contribution in [0.1, 0.15) is 21.6 Å². The summed E-state index contributed by atoms with van der Waals surface area (Å²) in [6.45, 7) is 1.93. The summed E-state index contributed by atoms with van der Waals surface area (Å²) in [4.78, 5) is 11.9. The normalized spacial score (nSPS) is 10.1. The zero-order chi connectivity index (χ0) is 14.9. The van der Waals surface area contributed by atoms with Gasteiger partial charge < -0.3 is 15.0 Å². The Hall–Kier alpha value is -2.26. The summed E-state index contributed by atoms with van der Waals surface area (Å²) >= 11 is 3.48. The SMILES string of the molecule is COC(=O)c1c(N)c(C#N)cn1-c1cccc(C)c1Br. The van der Waals surface area contributed by atoms with Crippen LogP contribution in [0.5, 0.6) is 0 Å². The van der Waals surface area contributed by atoms with Gasteiger partial charge in [-0.1, -0.05) is 12.1 Å². The molecular formula is C14H12BrN3O2. The van der Waals surface area contributed by atoms with Crippen LogP contribution in [-0.2, 0) is 4.74 Å². The number of aryl methyl sites for hydroxylation is 1. The zero-order valence-electron chi connectivity index (χ0n) is 11.0. The number of hydrogen-bond donors (Lipinski definition) is 1. The predicted molar refractivity (Wildman–Crippen MR) is 78.7 cm³/mol. The van der Waals surface area contributed by atoms with Gasteiger partial charge in [0, 0.05) is 10.7 Å². The molecule has 0 aliphatic carbocycles. The third-order valence-electron chi connectivity index (χ3n) is 2.97. The van der Waals surface area contributed by atoms with Crippen LogP contribution in [0, 0.1) is 18.3 Å². The van der Waals surface area contributed by atoms with Crippen LogP contribution < -0.4 is 5.73 Å². The number of hydrogen-bond acceptors (Lipinski definition) is 4. The molecule has 0 radical (unpaired) electrons. The molecule has 0 aliphatic rings. The van der Waals surface area contributed by atoms with Crippen LogP contribution in [0.2, 0.25) is 0 Å². The number of carbonyl (C=O) groups excluding carboxylic acids is 1. The van der Waals surface area contributed by atoms with Gasteiger partial charge in [0.1, 0.15) is 6.07 Å². The Morgan fingerprint density at radius 2 is 2.20 bits per heavy atom. The van der Waals surface area contributed by atoms with E-state index in [2.05, 4.69) is 15.9 Å². The topological polar surface area (TPSA) is 81.0 Å². The highest BCUT2D eigenvalue weighted by Gasteiger charge is 2.22. The first-order valence-corrected chi connectivity index (χ1v) is 6.55. The van der Waals surface area contributed by atoms with Crippen molar-refractivity contribution in [2.75, 3.05) is 12.8 Å². The fraction of sp³-hybridized carbons (Fsp3) is 0.143. The Kier molecular flexibility index (Phi) is 3.81. The first kappa shape index (κ1) is 14.2. The van der Waals surface area contributed by atoms with Crippen LogP contribution in [0.4, 0.5) is 5.69 Å². The maximum atomic E-state index is 11.9. The first-order valence-electron chi connectivity index (χ1n) is 5.76. The number of nitrogen functional groups attached to an aromatic ring is 1. The molecule has 5 nitrogen and oxygen atoms in total. The number of ether oxygens (including phenoxy) is 1. The van der Waals surface area contributed by atoms with Gasteiger partial charge in [-0.25, -0.2) is 4.79 Å². The van der Waals surface area contributed by atoms with Crippen LogP contribution in [0.3, 0.4) is 0 Å². The van der Waals surface area contributed by atoms with Crippen molar-refractivity contribution in [1.29, 1.82) is 5.26 Å². The molecular weight excluding hydrogens is 322 g/mol. The van der Waals surface area contributed by atoms with Crippen molar-refractivity contribution in [2.45, 2.75) is 6.92 Å². The van der Waals surface area contributed by atoms with Gasteiger partial charge in [0.2, 0.25) is 0 Å². The average molecular weight is 334 g/mol. The molecule has 0 saturated heterocycles. The Labute approximate surface area is 124 Å². The first-order chi connectivity index (χ1) is 9.51. The number of esters is 1. The van der Waals surface area contributed by atoms with E-state index in [9.17, 15) is 4.79 Å². The molecule has 1 heterocycles. The lowest BCUT2D eigenvalue weighted by Gasteiger charge is -2.11. The molecule has 0 aliphatic heterocycles. The second kappa shape index (κ2) is 5.39. The molecule has 0 saturated carbocycles. The van der Waals surface area contributed by atoms with Gasteiger partial charge in [-0.05, 0) is 34.5 Å². The van der Waals surface area contributed by atoms with E-state index in [4.69, 9.17) is 15.7 Å². The molecule has 2 N–H and O–H groups in total. The Balaban J connectivity index is 2.77. The number of halogens is 1. The molecule has 6 heteroatoms. The van der Waals surface area contributed by atoms with Gasteiger partial charge in [0.05, 0.1) is 24.0 Å². The van der Waals surface area contributed by atoms with Gasteiger partial charge in [-0.3, -0.25) is 0 Å². The fourth-order valence-electron chi connectivity index (χ4n) is 1.92. The molecule has 0 spiro atoms. The molecule has 102 valence electrons. The van der Waals surface area contributed by atoms with Crippen molar-refractivity contribution >= 4 is 27.6 Å². The summed E-state index contributed by atoms with van der Waals surface area (Å²) < 4.78 is 7.13. The largest absolute Gasteiger partial charge is 0.464 e. The highest BCUT2D eigenvalue weighted by Crippen LogP contribution is 2.30. The van der Waals surface area contributed by atoms with E-state index in [-0.39, 0.29) is 16.9 Å². The third kappa shape index (κ3) is 2.17. The minimum Gasteiger partial charge on any atom is -0.464 e. The second-order valence-electron chi connectivity index (χ2n) is 4.19. The highest BCUT2D eigenvalue weighted by molar-refractivity contribution is 9.10. The van der Waals surface area contributed by atoms with Gasteiger partial charge in [-0.2, -0.15) is 5.26 Å². The number of anilines is 1. The smallest absolute Gasteiger partial charge is 0.357 e. The molecule has 20 heavy (non-hydrogen) atoms. The van der Waals surface area contributed by atoms with Gasteiger partial charge in [-0.15, -0.1) is 0 Å². The van der Waals surface area contributed by atoms with E-state index in [0.717, 1.165) is 15.7 Å². The fourth-order valence-corrected chi connectivity index (χ4v) is 2.38. The number of nitriles is 1. The molecule has 0 unspecified atom stereocenters. The monoisotopic (exact) mass is 333 g/mol. The molecule has 2 aromatic rings. The van der Waals surface area contributed by atoms with E-state index < -0.39 is 5.97 Å². The summed E-state index contributed by atoms with van der Waals surface area (Å²) in [5, 5.41) is 9.07. The second-order valence-corrected chi connectivity index (χ2v) is 4.98. The lowest BCUT2D eigenvalue weighted by atomic mass is 10.2. The van der Waals surface area contributed by atoms with Crippen LogP contribution in [-0.4, -0.2) is 17.6 Å². The third-order valence-corrected chi connectivity index (χ3v) is 4.01. The van der Waals surface area contributed by atoms with Gasteiger partial charge in [0.15, 0.2) is 5.69 Å². The molecule has 0 bridgehead atoms. The number of aromatic nitrogens is 1. The molecule has 2 rings (SSSR count). The predicted octanol–water partition coefficient (Wildman–Crippen LogP) is 2.79. The minimum absolute atomic E-state index is 0.118. The van der Waals surface area contributed by atoms with Crippen LogP contribution in [0.25, 0.3) is 5.69 Å². The number of methoxy groups -OCH3 is 1. The number of rotatable bonds is 2. The van der Waals surface area contributed by atoms with Crippen molar-refractivity contribution in [3.05, 3.63) is 45.7 Å². The van der Waals surface area contributed by atoms with E-state index in [1.54, 1.807) is 4.57 Å². The van der Waals surface area contributed by atoms with Crippen molar-refractivity contribution in [1.82, 2.24) is 4.57 Å². The van der Waals surface area contributed by atoms with Gasteiger partial charge in [0.25, 0.3) is 0 Å². The summed E-state index contributed by atoms with van der Waals surface area (Å²) in [6.07, 6.45) is 1.53. The zero-order valence-corrected chi connectivity index (χ0v) is 12.6. The van der Waals surface area contributed by atoms with E-state index in [0.29, 0.717) is 0 Å². The van der Waals surface area contributed by atoms with E-state index >= 15 is 0 Å². The number of benzene rings is 1. The summed E-state index contributed by atoms with van der Waals surface area (Å²) in [6, 6.07) is 7.59. The quantitative estimate of drug-likeness (QED) is 0.857. The van der Waals surface area contributed by atoms with Crippen molar-refractivity contribution in [3.63, 3.8) is 0 Å². The molecule has 1 aromatic carbocycles. The summed E-state index contributed by atoms with van der Waals surface area (Å²) in [5.74, 6) is -0.586. The Morgan fingerprint density at radius 1 is 1.50 bits per heavy atom. The standard InChI is InChI=1S/C14H12BrN3O2/c1-8-4-3-5-10(11(8)15)18-7-9(6-16)12(17)13(18)14(19)20-2/h3-5,7H,17H2,1-2H3. The maximum Gasteiger partial charge on any atom is 0.357 e. The van der Waals surface area contributed by atoms with Crippen LogP contribution >= 0.6 is 15.9 Å². The van der Waals surface area contributed by atoms with E-state index in [1.165, 1.54) is 13.3 Å². The Morgan fingerprint density at radius 3 is 2.80 bits per heavy atom. The summed E-state index contributed by atoms with van der Waals surface area (Å²) in [7, 11) is 1.27. The highest BCUT2D eigenvalue weighted by atomic mass is 79.9. The van der Waals surface area contributed by atoms with Crippen molar-refractivity contribution < 1.29 is 9.53 Å². The molecule has 0 fully saturated rings. The lowest BCUT2D eigenvalue weighted by molar-refractivity contribution is 0.0593. The molecule has 0 atom stereocenters. The van der Waals surface area contributed by atoms with Crippen LogP contribution in [0.15, 0.2) is 28.9 Å². The van der Waals surface area contributed by atoms with Crippen molar-refractivity contribution in [3.8, 4) is 11.8 Å². The summed E-state index contributed by atoms with van der Waals surface area (Å²) in [5.41, 5.74) is 8.08. The average Bonchev–Trinajstić information content (AvgIpc) is 2.77. The minimum atomic E-state index is -0.586. The number of nitrogens with two attached hydrogens (primary N) is 1. The maximum absolute atomic E-state index is 11.9.